The molecule has 2 saturated heterocycles. The first-order chi connectivity index (χ1) is 14.9. The highest BCUT2D eigenvalue weighted by molar-refractivity contribution is 5.67. The molecule has 4 aliphatic carbocycles. The first-order valence-corrected chi connectivity index (χ1v) is 11.9. The van der Waals surface area contributed by atoms with E-state index in [1.807, 2.05) is 0 Å². The molecule has 6 aliphatic rings. The van der Waals surface area contributed by atoms with Crippen LogP contribution in [0.15, 0.2) is 0 Å². The van der Waals surface area contributed by atoms with Gasteiger partial charge in [0.15, 0.2) is 6.10 Å². The predicted octanol–water partition coefficient (Wildman–Crippen LogP) is 1.53. The minimum Gasteiger partial charge on any atom is -0.459 e. The standard InChI is InChI=1S/C24H36O8/c1-13(26)31-18-17-20(3,4)8-5-9-21(17)12-30-24(18,29)22-10-15(6-7-16(21)22)23(28,11-25)19(22)32-14(2)27/h15-19,25,28-29H,5-12H2,1-4H3/t15-,16+,17-,18+,19+,21-,22+,23-,24-/m1/s1. The first kappa shape index (κ1) is 22.6. The van der Waals surface area contributed by atoms with Gasteiger partial charge in [-0.25, -0.2) is 0 Å². The fourth-order valence-electron chi connectivity index (χ4n) is 9.23. The van der Waals surface area contributed by atoms with Crippen LogP contribution in [-0.2, 0) is 23.8 Å². The van der Waals surface area contributed by atoms with Gasteiger partial charge < -0.3 is 29.5 Å². The van der Waals surface area contributed by atoms with Crippen molar-refractivity contribution in [2.45, 2.75) is 89.8 Å². The molecule has 3 N–H and O–H groups in total. The number of hydrogen-bond acceptors (Lipinski definition) is 8. The van der Waals surface area contributed by atoms with Crippen LogP contribution in [0.2, 0.25) is 0 Å². The Balaban J connectivity index is 1.76. The molecule has 0 aromatic rings. The number of esters is 2. The van der Waals surface area contributed by atoms with E-state index >= 15 is 0 Å². The summed E-state index contributed by atoms with van der Waals surface area (Å²) in [6.07, 6.45) is 2.44. The molecule has 4 saturated carbocycles. The van der Waals surface area contributed by atoms with Gasteiger partial charge in [-0.15, -0.1) is 0 Å². The highest BCUT2D eigenvalue weighted by atomic mass is 16.7. The SMILES string of the molecule is CC(=O)O[C@@H]1[C@@](O)(CO)[C@@H]2CC[C@H]3[C@]45CCCC(C)(C)[C@H]4[C@H](OC(C)=O)[C@@](O)(OC5)[C@]13C2. The van der Waals surface area contributed by atoms with Crippen LogP contribution >= 0.6 is 0 Å². The summed E-state index contributed by atoms with van der Waals surface area (Å²) in [5.41, 5.74) is -3.43. The van der Waals surface area contributed by atoms with Crippen molar-refractivity contribution < 1.29 is 39.1 Å². The van der Waals surface area contributed by atoms with Gasteiger partial charge in [0.25, 0.3) is 0 Å². The van der Waals surface area contributed by atoms with E-state index in [9.17, 15) is 24.9 Å². The second kappa shape index (κ2) is 6.68. The topological polar surface area (TPSA) is 123 Å². The largest absolute Gasteiger partial charge is 0.459 e. The van der Waals surface area contributed by atoms with Gasteiger partial charge >= 0.3 is 11.9 Å². The number of carbonyl (C=O) groups excluding carboxylic acids is 2. The minimum absolute atomic E-state index is 0.0914. The molecule has 9 atom stereocenters. The molecule has 0 amide bonds. The van der Waals surface area contributed by atoms with Gasteiger partial charge in [-0.1, -0.05) is 20.3 Å². The minimum atomic E-state index is -1.93. The number of ether oxygens (including phenoxy) is 3. The van der Waals surface area contributed by atoms with Crippen LogP contribution in [0, 0.1) is 34.0 Å². The van der Waals surface area contributed by atoms with Crippen molar-refractivity contribution in [1.82, 2.24) is 0 Å². The van der Waals surface area contributed by atoms with Crippen molar-refractivity contribution in [3.8, 4) is 0 Å². The Hall–Kier alpha value is -1.22. The van der Waals surface area contributed by atoms with Crippen LogP contribution in [0.25, 0.3) is 0 Å². The second-order valence-electron chi connectivity index (χ2n) is 11.8. The highest BCUT2D eigenvalue weighted by Gasteiger charge is 2.86. The van der Waals surface area contributed by atoms with Crippen LogP contribution < -0.4 is 0 Å². The van der Waals surface area contributed by atoms with Crippen LogP contribution in [0.5, 0.6) is 0 Å². The van der Waals surface area contributed by atoms with E-state index in [4.69, 9.17) is 14.2 Å². The number of carbonyl (C=O) groups is 2. The Labute approximate surface area is 188 Å². The van der Waals surface area contributed by atoms with E-state index in [-0.39, 0.29) is 28.6 Å². The van der Waals surface area contributed by atoms with Crippen molar-refractivity contribution >= 4 is 11.9 Å². The zero-order valence-electron chi connectivity index (χ0n) is 19.4. The fourth-order valence-corrected chi connectivity index (χ4v) is 9.23. The molecule has 0 aromatic heterocycles. The lowest BCUT2D eigenvalue weighted by Crippen LogP contribution is -2.83. The maximum Gasteiger partial charge on any atom is 0.303 e. The summed E-state index contributed by atoms with van der Waals surface area (Å²) >= 11 is 0. The zero-order valence-corrected chi connectivity index (χ0v) is 19.4. The maximum absolute atomic E-state index is 12.4. The van der Waals surface area contributed by atoms with Crippen molar-refractivity contribution in [3.05, 3.63) is 0 Å². The molecule has 0 aromatic carbocycles. The van der Waals surface area contributed by atoms with E-state index in [1.165, 1.54) is 13.8 Å². The van der Waals surface area contributed by atoms with Gasteiger partial charge in [0, 0.05) is 25.2 Å². The smallest absolute Gasteiger partial charge is 0.303 e. The number of rotatable bonds is 3. The van der Waals surface area contributed by atoms with Gasteiger partial charge in [0.05, 0.1) is 18.6 Å². The second-order valence-corrected chi connectivity index (χ2v) is 11.8. The van der Waals surface area contributed by atoms with E-state index in [1.54, 1.807) is 0 Å². The number of hydrogen-bond donors (Lipinski definition) is 3. The fraction of sp³-hybridized carbons (Fsp3) is 0.917. The summed E-state index contributed by atoms with van der Waals surface area (Å²) in [7, 11) is 0. The highest BCUT2D eigenvalue weighted by Crippen LogP contribution is 2.78. The Morgan fingerprint density at radius 3 is 2.38 bits per heavy atom. The summed E-state index contributed by atoms with van der Waals surface area (Å²) in [5.74, 6) is -3.59. The molecule has 32 heavy (non-hydrogen) atoms. The molecule has 6 fully saturated rings. The van der Waals surface area contributed by atoms with Crippen LogP contribution in [0.4, 0.5) is 0 Å². The molecule has 2 heterocycles. The third-order valence-corrected chi connectivity index (χ3v) is 10.0. The van der Waals surface area contributed by atoms with E-state index in [2.05, 4.69) is 13.8 Å². The average molecular weight is 453 g/mol. The number of fused-ring (bicyclic) bond motifs is 2. The molecular formula is C24H36O8. The molecule has 2 spiro atoms. The third-order valence-electron chi connectivity index (χ3n) is 10.0. The van der Waals surface area contributed by atoms with Crippen molar-refractivity contribution in [2.75, 3.05) is 13.2 Å². The molecule has 8 heteroatoms. The molecule has 8 nitrogen and oxygen atoms in total. The molecule has 2 aliphatic heterocycles. The average Bonchev–Trinajstić information content (AvgIpc) is 2.88. The Bertz CT molecular complexity index is 842. The third kappa shape index (κ3) is 2.42. The molecule has 0 radical (unpaired) electrons. The van der Waals surface area contributed by atoms with Crippen LogP contribution in [0.1, 0.15) is 66.2 Å². The Kier molecular flexibility index (Phi) is 4.71. The normalized spacial score (nSPS) is 52.7. The van der Waals surface area contributed by atoms with Crippen LogP contribution in [-0.4, -0.2) is 64.1 Å². The first-order valence-electron chi connectivity index (χ1n) is 11.9. The number of aliphatic hydroxyl groups excluding tert-OH is 1. The van der Waals surface area contributed by atoms with Gasteiger partial charge in [0.2, 0.25) is 5.79 Å². The molecule has 180 valence electrons. The summed E-state index contributed by atoms with van der Waals surface area (Å²) in [6.45, 7) is 6.69. The lowest BCUT2D eigenvalue weighted by atomic mass is 9.36. The van der Waals surface area contributed by atoms with Crippen molar-refractivity contribution in [2.24, 2.45) is 34.0 Å². The van der Waals surface area contributed by atoms with Crippen LogP contribution in [0.3, 0.4) is 0 Å². The van der Waals surface area contributed by atoms with E-state index in [0.717, 1.165) is 25.7 Å². The lowest BCUT2D eigenvalue weighted by molar-refractivity contribution is -0.458. The van der Waals surface area contributed by atoms with Gasteiger partial charge in [-0.05, 0) is 49.4 Å². The zero-order chi connectivity index (χ0) is 23.3. The van der Waals surface area contributed by atoms with E-state index < -0.39 is 47.6 Å². The Morgan fingerprint density at radius 2 is 1.75 bits per heavy atom. The quantitative estimate of drug-likeness (QED) is 0.551. The van der Waals surface area contributed by atoms with Crippen molar-refractivity contribution in [3.63, 3.8) is 0 Å². The summed E-state index contributed by atoms with van der Waals surface area (Å²) in [5, 5.41) is 34.3. The summed E-state index contributed by atoms with van der Waals surface area (Å²) < 4.78 is 17.9. The van der Waals surface area contributed by atoms with Gasteiger partial charge in [-0.2, -0.15) is 0 Å². The van der Waals surface area contributed by atoms with E-state index in [0.29, 0.717) is 19.4 Å². The molecule has 4 bridgehead atoms. The number of aliphatic hydroxyl groups is 3. The van der Waals surface area contributed by atoms with Gasteiger partial charge in [0.1, 0.15) is 11.7 Å². The monoisotopic (exact) mass is 452 g/mol. The molecular weight excluding hydrogens is 416 g/mol. The lowest BCUT2D eigenvalue weighted by Gasteiger charge is -2.74. The Morgan fingerprint density at radius 1 is 1.06 bits per heavy atom. The van der Waals surface area contributed by atoms with Gasteiger partial charge in [-0.3, -0.25) is 9.59 Å². The predicted molar refractivity (Wildman–Crippen MR) is 111 cm³/mol. The summed E-state index contributed by atoms with van der Waals surface area (Å²) in [6, 6.07) is 0. The molecule has 6 rings (SSSR count). The maximum atomic E-state index is 12.4. The molecule has 0 unspecified atom stereocenters. The summed E-state index contributed by atoms with van der Waals surface area (Å²) in [4.78, 5) is 24.5. The van der Waals surface area contributed by atoms with Crippen molar-refractivity contribution in [1.29, 1.82) is 0 Å².